The van der Waals surface area contributed by atoms with Crippen LogP contribution in [0.3, 0.4) is 0 Å². The summed E-state index contributed by atoms with van der Waals surface area (Å²) in [6, 6.07) is 5.37. The van der Waals surface area contributed by atoms with Crippen molar-refractivity contribution in [2.45, 2.75) is 20.8 Å². The molecule has 122 valence electrons. The molecule has 2 rings (SSSR count). The number of H-pyrrole nitrogens is 1. The van der Waals surface area contributed by atoms with E-state index in [0.717, 1.165) is 10.0 Å². The normalized spacial score (nSPS) is 10.5. The first-order valence-corrected chi connectivity index (χ1v) is 7.94. The molecule has 0 aliphatic rings. The number of benzene rings is 1. The maximum Gasteiger partial charge on any atom is 0.355 e. The predicted molar refractivity (Wildman–Crippen MR) is 90.3 cm³/mol. The van der Waals surface area contributed by atoms with Crippen molar-refractivity contribution in [1.82, 2.24) is 4.98 Å². The second-order valence-corrected chi connectivity index (χ2v) is 5.90. The van der Waals surface area contributed by atoms with E-state index in [0.29, 0.717) is 16.7 Å². The topological polar surface area (TPSA) is 68.4 Å². The lowest BCUT2D eigenvalue weighted by Crippen LogP contribution is -2.08. The van der Waals surface area contributed by atoms with Crippen LogP contribution in [0.2, 0.25) is 0 Å². The van der Waals surface area contributed by atoms with E-state index >= 15 is 0 Å². The Kier molecular flexibility index (Phi) is 5.26. The van der Waals surface area contributed by atoms with E-state index in [9.17, 15) is 9.59 Å². The molecule has 0 bridgehead atoms. The minimum absolute atomic E-state index is 0.216. The molecule has 0 saturated heterocycles. The van der Waals surface area contributed by atoms with Crippen molar-refractivity contribution in [3.05, 3.63) is 50.6 Å². The summed E-state index contributed by atoms with van der Waals surface area (Å²) in [5.41, 5.74) is 2.64. The number of aromatic nitrogens is 1. The number of rotatable bonds is 5. The van der Waals surface area contributed by atoms with Gasteiger partial charge in [0.1, 0.15) is 5.69 Å². The van der Waals surface area contributed by atoms with E-state index in [-0.39, 0.29) is 24.0 Å². The average molecular weight is 380 g/mol. The van der Waals surface area contributed by atoms with Gasteiger partial charge < -0.3 is 14.5 Å². The van der Waals surface area contributed by atoms with Gasteiger partial charge in [-0.15, -0.1) is 0 Å². The zero-order chi connectivity index (χ0) is 17.1. The molecule has 6 heteroatoms. The number of ether oxygens (including phenoxy) is 2. The molecule has 0 amide bonds. The number of ketones is 1. The van der Waals surface area contributed by atoms with Crippen LogP contribution in [0, 0.1) is 13.8 Å². The molecule has 2 aromatic rings. The number of aryl methyl sites for hydroxylation is 1. The van der Waals surface area contributed by atoms with Crippen molar-refractivity contribution in [1.29, 1.82) is 0 Å². The monoisotopic (exact) mass is 379 g/mol. The zero-order valence-electron chi connectivity index (χ0n) is 13.5. The van der Waals surface area contributed by atoms with E-state index in [4.69, 9.17) is 9.47 Å². The van der Waals surface area contributed by atoms with Gasteiger partial charge in [0.15, 0.2) is 5.78 Å². The first kappa shape index (κ1) is 17.3. The van der Waals surface area contributed by atoms with Gasteiger partial charge in [-0.1, -0.05) is 28.1 Å². The van der Waals surface area contributed by atoms with Gasteiger partial charge >= 0.3 is 5.97 Å². The third-order valence-corrected chi connectivity index (χ3v) is 4.41. The standard InChI is InChI=1S/C17H18BrNO4/c1-5-23-17(21)14-10(3)13(16(19-14)22-4)15(20)11-7-6-9(2)12(18)8-11/h6-8,19H,5H2,1-4H3. The smallest absolute Gasteiger partial charge is 0.355 e. The predicted octanol–water partition coefficient (Wildman–Crippen LogP) is 3.81. The molecule has 0 spiro atoms. The molecular weight excluding hydrogens is 362 g/mol. The summed E-state index contributed by atoms with van der Waals surface area (Å²) in [5.74, 6) is -0.466. The molecule has 1 heterocycles. The van der Waals surface area contributed by atoms with E-state index in [1.807, 2.05) is 13.0 Å². The van der Waals surface area contributed by atoms with Crippen LogP contribution in [0.15, 0.2) is 22.7 Å². The van der Waals surface area contributed by atoms with Crippen LogP contribution >= 0.6 is 15.9 Å². The van der Waals surface area contributed by atoms with Gasteiger partial charge in [0.05, 0.1) is 19.3 Å². The Morgan fingerprint density at radius 1 is 1.26 bits per heavy atom. The van der Waals surface area contributed by atoms with Crippen molar-refractivity contribution >= 4 is 27.7 Å². The SMILES string of the molecule is CCOC(=O)c1[nH]c(OC)c(C(=O)c2ccc(C)c(Br)c2)c1C. The molecule has 0 aliphatic heterocycles. The lowest BCUT2D eigenvalue weighted by atomic mass is 10.0. The summed E-state index contributed by atoms with van der Waals surface area (Å²) in [6.07, 6.45) is 0. The molecule has 0 fully saturated rings. The molecular formula is C17H18BrNO4. The van der Waals surface area contributed by atoms with Crippen molar-refractivity contribution < 1.29 is 19.1 Å². The summed E-state index contributed by atoms with van der Waals surface area (Å²) in [4.78, 5) is 27.6. The number of esters is 1. The summed E-state index contributed by atoms with van der Waals surface area (Å²) >= 11 is 3.42. The molecule has 1 aromatic carbocycles. The Morgan fingerprint density at radius 2 is 1.96 bits per heavy atom. The maximum atomic E-state index is 12.8. The Hall–Kier alpha value is -2.08. The largest absolute Gasteiger partial charge is 0.482 e. The van der Waals surface area contributed by atoms with E-state index in [2.05, 4.69) is 20.9 Å². The fourth-order valence-electron chi connectivity index (χ4n) is 2.28. The second-order valence-electron chi connectivity index (χ2n) is 5.05. The maximum absolute atomic E-state index is 12.8. The van der Waals surface area contributed by atoms with Gasteiger partial charge in [0, 0.05) is 10.0 Å². The quantitative estimate of drug-likeness (QED) is 0.633. The number of hydrogen-bond donors (Lipinski definition) is 1. The van der Waals surface area contributed by atoms with Gasteiger partial charge in [-0.2, -0.15) is 0 Å². The summed E-state index contributed by atoms with van der Waals surface area (Å²) in [7, 11) is 1.45. The third kappa shape index (κ3) is 3.32. The number of nitrogens with one attached hydrogen (secondary N) is 1. The van der Waals surface area contributed by atoms with Crippen LogP contribution in [0.25, 0.3) is 0 Å². The minimum Gasteiger partial charge on any atom is -0.482 e. The molecule has 1 aromatic heterocycles. The minimum atomic E-state index is -0.507. The molecule has 1 N–H and O–H groups in total. The molecule has 5 nitrogen and oxygen atoms in total. The van der Waals surface area contributed by atoms with Crippen LogP contribution in [0.4, 0.5) is 0 Å². The molecule has 0 atom stereocenters. The van der Waals surface area contributed by atoms with Gasteiger partial charge in [0.2, 0.25) is 5.88 Å². The van der Waals surface area contributed by atoms with E-state index in [1.165, 1.54) is 7.11 Å². The molecule has 0 aliphatic carbocycles. The highest BCUT2D eigenvalue weighted by atomic mass is 79.9. The van der Waals surface area contributed by atoms with Crippen LogP contribution in [-0.2, 0) is 4.74 Å². The van der Waals surface area contributed by atoms with Crippen molar-refractivity contribution in [2.24, 2.45) is 0 Å². The van der Waals surface area contributed by atoms with Crippen molar-refractivity contribution in [3.63, 3.8) is 0 Å². The highest BCUT2D eigenvalue weighted by molar-refractivity contribution is 9.10. The average Bonchev–Trinajstić information content (AvgIpc) is 2.86. The van der Waals surface area contributed by atoms with Gasteiger partial charge in [0.25, 0.3) is 0 Å². The zero-order valence-corrected chi connectivity index (χ0v) is 15.0. The fraction of sp³-hybridized carbons (Fsp3) is 0.294. The van der Waals surface area contributed by atoms with Crippen LogP contribution in [-0.4, -0.2) is 30.5 Å². The Balaban J connectivity index is 2.51. The molecule has 23 heavy (non-hydrogen) atoms. The molecule has 0 saturated carbocycles. The fourth-order valence-corrected chi connectivity index (χ4v) is 2.66. The van der Waals surface area contributed by atoms with E-state index in [1.54, 1.807) is 26.0 Å². The first-order valence-electron chi connectivity index (χ1n) is 7.15. The van der Waals surface area contributed by atoms with Crippen molar-refractivity contribution in [3.8, 4) is 5.88 Å². The highest BCUT2D eigenvalue weighted by Crippen LogP contribution is 2.29. The summed E-state index contributed by atoms with van der Waals surface area (Å²) in [5, 5.41) is 0. The second kappa shape index (κ2) is 7.00. The Morgan fingerprint density at radius 3 is 2.52 bits per heavy atom. The van der Waals surface area contributed by atoms with Crippen LogP contribution in [0.5, 0.6) is 5.88 Å². The molecule has 0 radical (unpaired) electrons. The van der Waals surface area contributed by atoms with Gasteiger partial charge in [-0.05, 0) is 38.0 Å². The molecule has 0 unspecified atom stereocenters. The first-order chi connectivity index (χ1) is 10.9. The Bertz CT molecular complexity index is 764. The third-order valence-electron chi connectivity index (χ3n) is 3.56. The van der Waals surface area contributed by atoms with E-state index < -0.39 is 5.97 Å². The lowest BCUT2D eigenvalue weighted by molar-refractivity contribution is 0.0519. The summed E-state index contributed by atoms with van der Waals surface area (Å²) < 4.78 is 11.1. The highest BCUT2D eigenvalue weighted by Gasteiger charge is 2.26. The van der Waals surface area contributed by atoms with Crippen LogP contribution < -0.4 is 4.74 Å². The number of halogens is 1. The number of methoxy groups -OCH3 is 1. The van der Waals surface area contributed by atoms with Crippen LogP contribution in [0.1, 0.15) is 44.5 Å². The number of carbonyl (C=O) groups excluding carboxylic acids is 2. The number of carbonyl (C=O) groups is 2. The lowest BCUT2D eigenvalue weighted by Gasteiger charge is -2.06. The number of hydrogen-bond acceptors (Lipinski definition) is 4. The Labute approximate surface area is 143 Å². The summed E-state index contributed by atoms with van der Waals surface area (Å²) in [6.45, 7) is 5.62. The van der Waals surface area contributed by atoms with Gasteiger partial charge in [-0.25, -0.2) is 4.79 Å². The van der Waals surface area contributed by atoms with Gasteiger partial charge in [-0.3, -0.25) is 4.79 Å². The number of aromatic amines is 1. The van der Waals surface area contributed by atoms with Crippen molar-refractivity contribution in [2.75, 3.05) is 13.7 Å².